The minimum atomic E-state index is -0.238. The summed E-state index contributed by atoms with van der Waals surface area (Å²) in [4.78, 5) is 26.3. The van der Waals surface area contributed by atoms with E-state index in [9.17, 15) is 9.59 Å². The van der Waals surface area contributed by atoms with Gasteiger partial charge in [0.1, 0.15) is 5.75 Å². The molecule has 1 aromatic carbocycles. The van der Waals surface area contributed by atoms with Crippen LogP contribution in [0, 0.1) is 5.92 Å². The number of hydrogen-bond acceptors (Lipinski definition) is 4. The highest BCUT2D eigenvalue weighted by molar-refractivity contribution is 5.93. The summed E-state index contributed by atoms with van der Waals surface area (Å²) in [5, 5.41) is 0. The van der Waals surface area contributed by atoms with E-state index in [0.29, 0.717) is 11.5 Å². The van der Waals surface area contributed by atoms with Crippen LogP contribution in [-0.4, -0.2) is 36.3 Å². The van der Waals surface area contributed by atoms with Gasteiger partial charge in [-0.3, -0.25) is 14.5 Å². The summed E-state index contributed by atoms with van der Waals surface area (Å²) in [6.45, 7) is 4.56. The molecule has 1 aromatic rings. The maximum atomic E-state index is 12.5. The highest BCUT2D eigenvalue weighted by Crippen LogP contribution is 2.38. The molecule has 1 unspecified atom stereocenters. The number of fused-ring (bicyclic) bond motifs is 4. The number of Topliss-reactive ketones (excluding diaryl/α,β-unsaturated/α-hetero) is 1. The van der Waals surface area contributed by atoms with E-state index >= 15 is 0 Å². The first-order valence-electron chi connectivity index (χ1n) is 7.56. The Morgan fingerprint density at radius 2 is 2.14 bits per heavy atom. The molecule has 112 valence electrons. The van der Waals surface area contributed by atoms with Gasteiger partial charge in [0, 0.05) is 5.92 Å². The third-order valence-electron chi connectivity index (χ3n) is 4.57. The summed E-state index contributed by atoms with van der Waals surface area (Å²) in [6, 6.07) is 5.74. The molecule has 2 bridgehead atoms. The molecule has 1 aliphatic carbocycles. The Kier molecular flexibility index (Phi) is 3.57. The molecule has 21 heavy (non-hydrogen) atoms. The number of ketones is 1. The Morgan fingerprint density at radius 1 is 1.38 bits per heavy atom. The smallest absolute Gasteiger partial charge is 0.313 e. The summed E-state index contributed by atoms with van der Waals surface area (Å²) in [6.07, 6.45) is 1.61. The van der Waals surface area contributed by atoms with Crippen LogP contribution in [0.1, 0.15) is 37.3 Å². The molecule has 3 rings (SSSR count). The van der Waals surface area contributed by atoms with Crippen molar-refractivity contribution >= 4 is 11.8 Å². The molecule has 0 aromatic heterocycles. The fraction of sp³-hybridized carbons (Fsp3) is 0.529. The molecule has 0 saturated carbocycles. The van der Waals surface area contributed by atoms with Gasteiger partial charge < -0.3 is 4.74 Å². The quantitative estimate of drug-likeness (QED) is 0.618. The number of carbonyl (C=O) groups is 2. The van der Waals surface area contributed by atoms with E-state index in [1.807, 2.05) is 39.1 Å². The van der Waals surface area contributed by atoms with Gasteiger partial charge >= 0.3 is 5.97 Å². The molecule has 0 N–H and O–H groups in total. The third-order valence-corrected chi connectivity index (χ3v) is 4.57. The number of carbonyl (C=O) groups excluding carboxylic acids is 2. The number of ether oxygens (including phenoxy) is 1. The molecule has 2 atom stereocenters. The highest BCUT2D eigenvalue weighted by Gasteiger charge is 2.40. The van der Waals surface area contributed by atoms with Crippen molar-refractivity contribution in [2.75, 3.05) is 13.6 Å². The molecule has 1 heterocycles. The Bertz CT molecular complexity index is 594. The molecule has 4 nitrogen and oxygen atoms in total. The van der Waals surface area contributed by atoms with Crippen LogP contribution >= 0.6 is 0 Å². The second-order valence-electron chi connectivity index (χ2n) is 6.38. The van der Waals surface area contributed by atoms with Crippen LogP contribution in [0.5, 0.6) is 5.75 Å². The summed E-state index contributed by atoms with van der Waals surface area (Å²) >= 11 is 0. The maximum absolute atomic E-state index is 12.5. The van der Waals surface area contributed by atoms with Crippen LogP contribution in [0.15, 0.2) is 18.2 Å². The highest BCUT2D eigenvalue weighted by atomic mass is 16.5. The number of nitrogens with zero attached hydrogens (tertiary/aromatic N) is 1. The van der Waals surface area contributed by atoms with E-state index in [1.165, 1.54) is 5.56 Å². The first-order chi connectivity index (χ1) is 9.97. The van der Waals surface area contributed by atoms with E-state index in [1.54, 1.807) is 0 Å². The van der Waals surface area contributed by atoms with Gasteiger partial charge in [-0.2, -0.15) is 0 Å². The van der Waals surface area contributed by atoms with Crippen molar-refractivity contribution < 1.29 is 14.3 Å². The largest absolute Gasteiger partial charge is 0.426 e. The average molecular weight is 287 g/mol. The topological polar surface area (TPSA) is 46.6 Å². The number of rotatable bonds is 2. The van der Waals surface area contributed by atoms with Crippen molar-refractivity contribution in [3.05, 3.63) is 29.3 Å². The van der Waals surface area contributed by atoms with Gasteiger partial charge in [-0.1, -0.05) is 19.9 Å². The molecule has 2 aliphatic rings. The van der Waals surface area contributed by atoms with Crippen LogP contribution in [-0.2, 0) is 16.0 Å². The van der Waals surface area contributed by atoms with Crippen LogP contribution in [0.3, 0.4) is 0 Å². The Balaban J connectivity index is 1.91. The number of likely N-dealkylation sites (N-methyl/N-ethyl adjacent to an activating group) is 1. The lowest BCUT2D eigenvalue weighted by molar-refractivity contribution is -0.137. The molecule has 1 saturated heterocycles. The van der Waals surface area contributed by atoms with Gasteiger partial charge in [0.25, 0.3) is 0 Å². The monoisotopic (exact) mass is 287 g/mol. The first-order valence-corrected chi connectivity index (χ1v) is 7.56. The summed E-state index contributed by atoms with van der Waals surface area (Å²) in [7, 11) is 2.02. The number of likely N-dealkylation sites (tertiary alicyclic amines) is 1. The number of piperidine rings is 1. The Hall–Kier alpha value is -1.68. The van der Waals surface area contributed by atoms with Crippen LogP contribution < -0.4 is 4.74 Å². The predicted octanol–water partition coefficient (Wildman–Crippen LogP) is 2.16. The molecule has 0 spiro atoms. The van der Waals surface area contributed by atoms with Crippen LogP contribution in [0.4, 0.5) is 0 Å². The minimum Gasteiger partial charge on any atom is -0.426 e. The van der Waals surface area contributed by atoms with Crippen molar-refractivity contribution in [1.29, 1.82) is 0 Å². The molecule has 1 aliphatic heterocycles. The van der Waals surface area contributed by atoms with E-state index in [0.717, 1.165) is 24.9 Å². The second-order valence-corrected chi connectivity index (χ2v) is 6.38. The normalized spacial score (nSPS) is 24.9. The molecule has 0 amide bonds. The third kappa shape index (κ3) is 2.48. The van der Waals surface area contributed by atoms with Gasteiger partial charge in [0.15, 0.2) is 5.78 Å². The minimum absolute atomic E-state index is 0.0142. The van der Waals surface area contributed by atoms with Crippen molar-refractivity contribution in [2.24, 2.45) is 5.92 Å². The van der Waals surface area contributed by atoms with Crippen molar-refractivity contribution in [1.82, 2.24) is 4.90 Å². The Labute approximate surface area is 125 Å². The van der Waals surface area contributed by atoms with E-state index in [-0.39, 0.29) is 23.8 Å². The first kappa shape index (κ1) is 14.3. The van der Waals surface area contributed by atoms with Crippen molar-refractivity contribution in [2.45, 2.75) is 38.6 Å². The van der Waals surface area contributed by atoms with Gasteiger partial charge in [-0.05, 0) is 49.7 Å². The van der Waals surface area contributed by atoms with Crippen LogP contribution in [0.25, 0.3) is 0 Å². The average Bonchev–Trinajstić information content (AvgIpc) is 2.43. The lowest BCUT2D eigenvalue weighted by Gasteiger charge is -2.40. The maximum Gasteiger partial charge on any atom is 0.313 e. The van der Waals surface area contributed by atoms with Crippen molar-refractivity contribution in [3.8, 4) is 5.75 Å². The number of esters is 1. The van der Waals surface area contributed by atoms with Gasteiger partial charge in [-0.15, -0.1) is 0 Å². The number of hydrogen-bond donors (Lipinski definition) is 0. The molecule has 0 radical (unpaired) electrons. The summed E-state index contributed by atoms with van der Waals surface area (Å²) in [5.74, 6) is 0.433. The number of benzene rings is 1. The summed E-state index contributed by atoms with van der Waals surface area (Å²) in [5.41, 5.74) is 2.26. The second kappa shape index (κ2) is 5.26. The lowest BCUT2D eigenvalue weighted by Crippen LogP contribution is -2.50. The van der Waals surface area contributed by atoms with E-state index in [2.05, 4.69) is 4.90 Å². The SMILES string of the molecule is CC(C)C(=O)Oc1ccc2c(c1)C1CCN(C)[C@H](C2)C1=O. The van der Waals surface area contributed by atoms with Crippen LogP contribution in [0.2, 0.25) is 0 Å². The molecular formula is C17H21NO3. The zero-order chi connectivity index (χ0) is 15.1. The predicted molar refractivity (Wildman–Crippen MR) is 79.4 cm³/mol. The van der Waals surface area contributed by atoms with Gasteiger partial charge in [-0.25, -0.2) is 0 Å². The molecule has 4 heteroatoms. The van der Waals surface area contributed by atoms with E-state index < -0.39 is 0 Å². The van der Waals surface area contributed by atoms with Gasteiger partial charge in [0.05, 0.1) is 12.0 Å². The van der Waals surface area contributed by atoms with Crippen molar-refractivity contribution in [3.63, 3.8) is 0 Å². The molecular weight excluding hydrogens is 266 g/mol. The zero-order valence-electron chi connectivity index (χ0n) is 12.8. The lowest BCUT2D eigenvalue weighted by atomic mass is 9.74. The standard InChI is InChI=1S/C17H21NO3/c1-10(2)17(20)21-12-5-4-11-8-15-16(19)13(14(11)9-12)6-7-18(15)3/h4-5,9-10,13,15H,6-8H2,1-3H3/t13?,15-/m1/s1. The van der Waals surface area contributed by atoms with Gasteiger partial charge in [0.2, 0.25) is 0 Å². The Morgan fingerprint density at radius 3 is 2.86 bits per heavy atom. The fourth-order valence-corrected chi connectivity index (χ4v) is 3.23. The van der Waals surface area contributed by atoms with E-state index in [4.69, 9.17) is 4.74 Å². The molecule has 1 fully saturated rings. The fourth-order valence-electron chi connectivity index (χ4n) is 3.23. The zero-order valence-corrected chi connectivity index (χ0v) is 12.8. The summed E-state index contributed by atoms with van der Waals surface area (Å²) < 4.78 is 5.38.